The minimum absolute atomic E-state index is 0.0373. The quantitative estimate of drug-likeness (QED) is 0.822. The van der Waals surface area contributed by atoms with Crippen LogP contribution in [0.5, 0.6) is 0 Å². The Kier molecular flexibility index (Phi) is 3.88. The van der Waals surface area contributed by atoms with Gasteiger partial charge in [0.1, 0.15) is 12.2 Å². The van der Waals surface area contributed by atoms with Gasteiger partial charge in [-0.25, -0.2) is 18.3 Å². The van der Waals surface area contributed by atoms with E-state index >= 15 is 0 Å². The first kappa shape index (κ1) is 12.5. The summed E-state index contributed by atoms with van der Waals surface area (Å²) in [5.74, 6) is -1.32. The molecule has 8 heteroatoms. The molecule has 0 saturated heterocycles. The molecular formula is C8H11F2N3O3. The first-order valence-electron chi connectivity index (χ1n) is 4.45. The van der Waals surface area contributed by atoms with E-state index < -0.39 is 25.0 Å². The molecule has 1 aromatic heterocycles. The first-order valence-corrected chi connectivity index (χ1v) is 4.45. The summed E-state index contributed by atoms with van der Waals surface area (Å²) >= 11 is 0. The maximum absolute atomic E-state index is 12.2. The van der Waals surface area contributed by atoms with Crippen LogP contribution in [0.15, 0.2) is 0 Å². The van der Waals surface area contributed by atoms with Crippen molar-refractivity contribution in [1.29, 1.82) is 0 Å². The van der Waals surface area contributed by atoms with Gasteiger partial charge in [0.05, 0.1) is 6.10 Å². The maximum atomic E-state index is 12.2. The third-order valence-corrected chi connectivity index (χ3v) is 2.03. The smallest absolute Gasteiger partial charge is 0.358 e. The summed E-state index contributed by atoms with van der Waals surface area (Å²) in [5, 5.41) is 15.5. The van der Waals surface area contributed by atoms with Gasteiger partial charge in [-0.05, 0) is 6.92 Å². The topological polar surface area (TPSA) is 77.2 Å². The number of hydrogen-bond acceptors (Lipinski definition) is 4. The first-order chi connectivity index (χ1) is 7.47. The van der Waals surface area contributed by atoms with Gasteiger partial charge in [-0.15, -0.1) is 5.10 Å². The highest BCUT2D eigenvalue weighted by molar-refractivity contribution is 5.86. The number of aromatic carboxylic acids is 1. The second kappa shape index (κ2) is 4.97. The minimum Gasteiger partial charge on any atom is -0.476 e. The van der Waals surface area contributed by atoms with Crippen molar-refractivity contribution in [3.8, 4) is 0 Å². The van der Waals surface area contributed by atoms with Gasteiger partial charge in [0, 0.05) is 7.11 Å². The van der Waals surface area contributed by atoms with Crippen LogP contribution in [0.3, 0.4) is 0 Å². The van der Waals surface area contributed by atoms with E-state index in [-0.39, 0.29) is 11.4 Å². The SMILES string of the molecule is COC(C)c1c(C(=O)O)nnn1CC(F)F. The normalized spacial score (nSPS) is 13.1. The second-order valence-corrected chi connectivity index (χ2v) is 3.08. The highest BCUT2D eigenvalue weighted by atomic mass is 19.3. The summed E-state index contributed by atoms with van der Waals surface area (Å²) in [6.07, 6.45) is -3.30. The summed E-state index contributed by atoms with van der Waals surface area (Å²) < 4.78 is 30.2. The molecule has 6 nitrogen and oxygen atoms in total. The van der Waals surface area contributed by atoms with Crippen LogP contribution < -0.4 is 0 Å². The van der Waals surface area contributed by atoms with E-state index in [9.17, 15) is 13.6 Å². The minimum atomic E-state index is -2.63. The highest BCUT2D eigenvalue weighted by Gasteiger charge is 2.24. The third kappa shape index (κ3) is 2.51. The van der Waals surface area contributed by atoms with Gasteiger partial charge in [0.15, 0.2) is 5.69 Å². The summed E-state index contributed by atoms with van der Waals surface area (Å²) in [5.41, 5.74) is -0.328. The lowest BCUT2D eigenvalue weighted by molar-refractivity contribution is 0.0667. The summed E-state index contributed by atoms with van der Waals surface area (Å²) in [7, 11) is 1.34. The van der Waals surface area contributed by atoms with Crippen LogP contribution in [0.25, 0.3) is 0 Å². The van der Waals surface area contributed by atoms with Gasteiger partial charge in [-0.3, -0.25) is 0 Å². The number of rotatable bonds is 5. The van der Waals surface area contributed by atoms with E-state index in [4.69, 9.17) is 9.84 Å². The number of carboxylic acids is 1. The van der Waals surface area contributed by atoms with E-state index in [2.05, 4.69) is 10.3 Å². The molecule has 16 heavy (non-hydrogen) atoms. The predicted octanol–water partition coefficient (Wildman–Crippen LogP) is 0.949. The molecule has 0 spiro atoms. The molecule has 0 aromatic carbocycles. The van der Waals surface area contributed by atoms with Crippen molar-refractivity contribution >= 4 is 5.97 Å². The van der Waals surface area contributed by atoms with Crippen molar-refractivity contribution in [1.82, 2.24) is 15.0 Å². The molecule has 1 heterocycles. The molecule has 0 bridgehead atoms. The third-order valence-electron chi connectivity index (χ3n) is 2.03. The molecule has 0 aliphatic rings. The van der Waals surface area contributed by atoms with Crippen LogP contribution in [0.1, 0.15) is 29.2 Å². The molecule has 1 unspecified atom stereocenters. The van der Waals surface area contributed by atoms with Gasteiger partial charge in [-0.2, -0.15) is 0 Å². The van der Waals surface area contributed by atoms with Crippen molar-refractivity contribution in [2.24, 2.45) is 0 Å². The van der Waals surface area contributed by atoms with Crippen LogP contribution >= 0.6 is 0 Å². The Morgan fingerprint density at radius 1 is 1.62 bits per heavy atom. The van der Waals surface area contributed by atoms with Gasteiger partial charge in [-0.1, -0.05) is 5.21 Å². The lowest BCUT2D eigenvalue weighted by atomic mass is 10.2. The highest BCUT2D eigenvalue weighted by Crippen LogP contribution is 2.19. The molecule has 1 N–H and O–H groups in total. The van der Waals surface area contributed by atoms with Crippen molar-refractivity contribution in [2.75, 3.05) is 7.11 Å². The second-order valence-electron chi connectivity index (χ2n) is 3.08. The number of aromatic nitrogens is 3. The molecular weight excluding hydrogens is 224 g/mol. The molecule has 90 valence electrons. The Labute approximate surface area is 89.8 Å². The zero-order valence-electron chi connectivity index (χ0n) is 8.72. The number of halogens is 2. The summed E-state index contributed by atoms with van der Waals surface area (Å²) in [6.45, 7) is 0.830. The number of carboxylic acid groups (broad SMARTS) is 1. The predicted molar refractivity (Wildman–Crippen MR) is 48.4 cm³/mol. The van der Waals surface area contributed by atoms with Gasteiger partial charge >= 0.3 is 5.97 Å². The van der Waals surface area contributed by atoms with E-state index in [1.54, 1.807) is 0 Å². The number of hydrogen-bond donors (Lipinski definition) is 1. The number of carbonyl (C=O) groups is 1. The van der Waals surface area contributed by atoms with Crippen molar-refractivity contribution < 1.29 is 23.4 Å². The maximum Gasteiger partial charge on any atom is 0.358 e. The van der Waals surface area contributed by atoms with Gasteiger partial charge in [0.2, 0.25) is 0 Å². The van der Waals surface area contributed by atoms with E-state index in [0.717, 1.165) is 4.68 Å². The molecule has 0 amide bonds. The van der Waals surface area contributed by atoms with Crippen molar-refractivity contribution in [3.05, 3.63) is 11.4 Å². The number of nitrogens with zero attached hydrogens (tertiary/aromatic N) is 3. The number of alkyl halides is 2. The Morgan fingerprint density at radius 3 is 2.69 bits per heavy atom. The zero-order chi connectivity index (χ0) is 12.3. The Balaban J connectivity index is 3.14. The Morgan fingerprint density at radius 2 is 2.25 bits per heavy atom. The van der Waals surface area contributed by atoms with E-state index in [1.165, 1.54) is 14.0 Å². The largest absolute Gasteiger partial charge is 0.476 e. The molecule has 1 rings (SSSR count). The fourth-order valence-electron chi connectivity index (χ4n) is 1.25. The van der Waals surface area contributed by atoms with Crippen LogP contribution in [0.2, 0.25) is 0 Å². The summed E-state index contributed by atoms with van der Waals surface area (Å²) in [4.78, 5) is 10.8. The van der Waals surface area contributed by atoms with Gasteiger partial charge < -0.3 is 9.84 Å². The van der Waals surface area contributed by atoms with Crippen molar-refractivity contribution in [2.45, 2.75) is 26.0 Å². The average Bonchev–Trinajstić information content (AvgIpc) is 2.59. The fourth-order valence-corrected chi connectivity index (χ4v) is 1.25. The fraction of sp³-hybridized carbons (Fsp3) is 0.625. The number of ether oxygens (including phenoxy) is 1. The van der Waals surface area contributed by atoms with E-state index in [0.29, 0.717) is 0 Å². The van der Waals surface area contributed by atoms with Crippen LogP contribution in [0, 0.1) is 0 Å². The van der Waals surface area contributed by atoms with Gasteiger partial charge in [0.25, 0.3) is 6.43 Å². The molecule has 0 aliphatic carbocycles. The van der Waals surface area contributed by atoms with E-state index in [1.807, 2.05) is 0 Å². The molecule has 0 saturated carbocycles. The molecule has 0 radical (unpaired) electrons. The lowest BCUT2D eigenvalue weighted by Crippen LogP contribution is -2.16. The lowest BCUT2D eigenvalue weighted by Gasteiger charge is -2.12. The molecule has 0 aliphatic heterocycles. The van der Waals surface area contributed by atoms with Crippen LogP contribution in [0.4, 0.5) is 8.78 Å². The average molecular weight is 235 g/mol. The van der Waals surface area contributed by atoms with Crippen LogP contribution in [-0.4, -0.2) is 39.6 Å². The Bertz CT molecular complexity index is 381. The standard InChI is InChI=1S/C8H11F2N3O3/c1-4(16-2)7-6(8(14)15)11-12-13(7)3-5(9)10/h4-5H,3H2,1-2H3,(H,14,15). The summed E-state index contributed by atoms with van der Waals surface area (Å²) in [6, 6.07) is 0. The van der Waals surface area contributed by atoms with Crippen molar-refractivity contribution in [3.63, 3.8) is 0 Å². The molecule has 1 aromatic rings. The molecule has 1 atom stereocenters. The van der Waals surface area contributed by atoms with Crippen LogP contribution in [-0.2, 0) is 11.3 Å². The zero-order valence-corrected chi connectivity index (χ0v) is 8.72. The number of methoxy groups -OCH3 is 1. The Hall–Kier alpha value is -1.57. The molecule has 0 fully saturated rings. The monoisotopic (exact) mass is 235 g/mol.